The average molecular weight is 279 g/mol. The van der Waals surface area contributed by atoms with Crippen molar-refractivity contribution in [3.63, 3.8) is 0 Å². The van der Waals surface area contributed by atoms with Gasteiger partial charge in [0.15, 0.2) is 5.71 Å². The lowest BCUT2D eigenvalue weighted by atomic mass is 10.0. The lowest BCUT2D eigenvalue weighted by molar-refractivity contribution is -0.139. The average Bonchev–Trinajstić information content (AvgIpc) is 2.44. The molecule has 1 unspecified atom stereocenters. The van der Waals surface area contributed by atoms with E-state index in [2.05, 4.69) is 5.16 Å². The van der Waals surface area contributed by atoms with Crippen molar-refractivity contribution in [2.75, 3.05) is 7.11 Å². The van der Waals surface area contributed by atoms with Gasteiger partial charge in [0.05, 0.1) is 12.2 Å². The van der Waals surface area contributed by atoms with Gasteiger partial charge in [0.1, 0.15) is 0 Å². The van der Waals surface area contributed by atoms with Crippen LogP contribution >= 0.6 is 0 Å². The lowest BCUT2D eigenvalue weighted by Gasteiger charge is -2.16. The summed E-state index contributed by atoms with van der Waals surface area (Å²) in [6, 6.07) is 9.69. The number of hydrogen-bond donors (Lipinski definition) is 1. The van der Waals surface area contributed by atoms with Crippen LogP contribution in [0.2, 0.25) is 0 Å². The standard InChI is InChI=1S/C15H21NO4/c1-11(2)20-15(17)13(16-18)9-10-14(19-3)12-7-5-4-6-8-12/h4-8,11,14,18H,9-10H2,1-3H3/b16-13+. The lowest BCUT2D eigenvalue weighted by Crippen LogP contribution is -2.22. The van der Waals surface area contributed by atoms with Gasteiger partial charge in [-0.15, -0.1) is 0 Å². The highest BCUT2D eigenvalue weighted by Gasteiger charge is 2.18. The van der Waals surface area contributed by atoms with E-state index in [1.54, 1.807) is 21.0 Å². The van der Waals surface area contributed by atoms with Crippen LogP contribution in [-0.4, -0.2) is 30.1 Å². The second-order valence-corrected chi connectivity index (χ2v) is 4.67. The van der Waals surface area contributed by atoms with Crippen molar-refractivity contribution < 1.29 is 19.5 Å². The SMILES string of the molecule is COC(CC/C(=N\O)C(=O)OC(C)C)c1ccccc1. The maximum atomic E-state index is 11.7. The fraction of sp³-hybridized carbons (Fsp3) is 0.467. The Bertz CT molecular complexity index is 442. The molecule has 0 aromatic heterocycles. The third-order valence-corrected chi connectivity index (χ3v) is 2.80. The number of ether oxygens (including phenoxy) is 2. The van der Waals surface area contributed by atoms with Crippen LogP contribution < -0.4 is 0 Å². The molecule has 5 heteroatoms. The minimum Gasteiger partial charge on any atom is -0.458 e. The number of nitrogens with zero attached hydrogens (tertiary/aromatic N) is 1. The third-order valence-electron chi connectivity index (χ3n) is 2.80. The molecule has 0 aliphatic rings. The Labute approximate surface area is 119 Å². The number of hydrogen-bond acceptors (Lipinski definition) is 5. The number of methoxy groups -OCH3 is 1. The Morgan fingerprint density at radius 2 is 1.95 bits per heavy atom. The number of benzene rings is 1. The van der Waals surface area contributed by atoms with Crippen molar-refractivity contribution in [2.24, 2.45) is 5.16 Å². The second kappa shape index (κ2) is 8.32. The Balaban J connectivity index is 2.61. The molecule has 1 atom stereocenters. The monoisotopic (exact) mass is 279 g/mol. The molecule has 1 aromatic carbocycles. The molecule has 0 aliphatic heterocycles. The summed E-state index contributed by atoms with van der Waals surface area (Å²) >= 11 is 0. The van der Waals surface area contributed by atoms with Crippen molar-refractivity contribution in [1.29, 1.82) is 0 Å². The first kappa shape index (κ1) is 16.2. The van der Waals surface area contributed by atoms with Crippen molar-refractivity contribution in [3.8, 4) is 0 Å². The van der Waals surface area contributed by atoms with Crippen molar-refractivity contribution in [1.82, 2.24) is 0 Å². The molecule has 0 saturated carbocycles. The first-order valence-electron chi connectivity index (χ1n) is 6.58. The van der Waals surface area contributed by atoms with Crippen LogP contribution in [0, 0.1) is 0 Å². The maximum absolute atomic E-state index is 11.7. The summed E-state index contributed by atoms with van der Waals surface area (Å²) in [5.41, 5.74) is 1.03. The zero-order chi connectivity index (χ0) is 15.0. The van der Waals surface area contributed by atoms with Gasteiger partial charge in [-0.05, 0) is 25.8 Å². The van der Waals surface area contributed by atoms with E-state index < -0.39 is 5.97 Å². The Hall–Kier alpha value is -1.88. The number of carbonyl (C=O) groups excluding carboxylic acids is 1. The van der Waals surface area contributed by atoms with Gasteiger partial charge >= 0.3 is 5.97 Å². The van der Waals surface area contributed by atoms with Gasteiger partial charge in [-0.2, -0.15) is 0 Å². The van der Waals surface area contributed by atoms with Gasteiger partial charge in [0, 0.05) is 13.5 Å². The van der Waals surface area contributed by atoms with E-state index >= 15 is 0 Å². The largest absolute Gasteiger partial charge is 0.458 e. The molecule has 0 saturated heterocycles. The molecule has 110 valence electrons. The number of carbonyl (C=O) groups is 1. The summed E-state index contributed by atoms with van der Waals surface area (Å²) in [4.78, 5) is 11.7. The molecule has 0 heterocycles. The molecular weight excluding hydrogens is 258 g/mol. The van der Waals surface area contributed by atoms with Gasteiger partial charge in [-0.25, -0.2) is 4.79 Å². The van der Waals surface area contributed by atoms with Gasteiger partial charge in [-0.1, -0.05) is 35.5 Å². The highest BCUT2D eigenvalue weighted by molar-refractivity contribution is 6.36. The van der Waals surface area contributed by atoms with Crippen LogP contribution in [0.25, 0.3) is 0 Å². The molecule has 0 radical (unpaired) electrons. The molecule has 1 rings (SSSR count). The number of oxime groups is 1. The van der Waals surface area contributed by atoms with E-state index in [1.165, 1.54) is 0 Å². The molecule has 0 spiro atoms. The first-order chi connectivity index (χ1) is 9.58. The molecular formula is C15H21NO4. The smallest absolute Gasteiger partial charge is 0.356 e. The normalized spacial score (nSPS) is 13.3. The molecule has 20 heavy (non-hydrogen) atoms. The molecule has 1 N–H and O–H groups in total. The number of esters is 1. The quantitative estimate of drug-likeness (QED) is 0.360. The molecule has 0 aliphatic carbocycles. The second-order valence-electron chi connectivity index (χ2n) is 4.67. The first-order valence-corrected chi connectivity index (χ1v) is 6.58. The van der Waals surface area contributed by atoms with Crippen LogP contribution in [0.15, 0.2) is 35.5 Å². The van der Waals surface area contributed by atoms with Gasteiger partial charge in [0.2, 0.25) is 0 Å². The van der Waals surface area contributed by atoms with E-state index in [-0.39, 0.29) is 24.3 Å². The molecule has 0 bridgehead atoms. The van der Waals surface area contributed by atoms with E-state index in [0.29, 0.717) is 6.42 Å². The van der Waals surface area contributed by atoms with E-state index in [0.717, 1.165) is 5.56 Å². The van der Waals surface area contributed by atoms with Crippen molar-refractivity contribution in [2.45, 2.75) is 38.9 Å². The zero-order valence-electron chi connectivity index (χ0n) is 12.1. The summed E-state index contributed by atoms with van der Waals surface area (Å²) in [5.74, 6) is -0.592. The van der Waals surface area contributed by atoms with Crippen molar-refractivity contribution in [3.05, 3.63) is 35.9 Å². The van der Waals surface area contributed by atoms with Crippen LogP contribution in [0.3, 0.4) is 0 Å². The molecule has 1 aromatic rings. The number of rotatable bonds is 7. The summed E-state index contributed by atoms with van der Waals surface area (Å²) in [6.45, 7) is 3.49. The predicted molar refractivity (Wildman–Crippen MR) is 75.9 cm³/mol. The predicted octanol–water partition coefficient (Wildman–Crippen LogP) is 2.94. The van der Waals surface area contributed by atoms with E-state index in [1.807, 2.05) is 30.3 Å². The maximum Gasteiger partial charge on any atom is 0.356 e. The van der Waals surface area contributed by atoms with Gasteiger partial charge < -0.3 is 14.7 Å². The van der Waals surface area contributed by atoms with E-state index in [9.17, 15) is 4.79 Å². The highest BCUT2D eigenvalue weighted by Crippen LogP contribution is 2.22. The molecule has 5 nitrogen and oxygen atoms in total. The third kappa shape index (κ3) is 5.01. The Morgan fingerprint density at radius 1 is 1.30 bits per heavy atom. The topological polar surface area (TPSA) is 68.1 Å². The fourth-order valence-electron chi connectivity index (χ4n) is 1.83. The van der Waals surface area contributed by atoms with Crippen LogP contribution in [0.1, 0.15) is 38.4 Å². The van der Waals surface area contributed by atoms with Crippen molar-refractivity contribution >= 4 is 11.7 Å². The van der Waals surface area contributed by atoms with Crippen LogP contribution in [-0.2, 0) is 14.3 Å². The van der Waals surface area contributed by atoms with Gasteiger partial charge in [0.25, 0.3) is 0 Å². The van der Waals surface area contributed by atoms with Crippen LogP contribution in [0.4, 0.5) is 0 Å². The molecule has 0 amide bonds. The fourth-order valence-corrected chi connectivity index (χ4v) is 1.83. The Morgan fingerprint density at radius 3 is 2.45 bits per heavy atom. The zero-order valence-corrected chi connectivity index (χ0v) is 12.1. The van der Waals surface area contributed by atoms with Gasteiger partial charge in [-0.3, -0.25) is 0 Å². The summed E-state index contributed by atoms with van der Waals surface area (Å²) in [5, 5.41) is 11.9. The minimum atomic E-state index is -0.592. The summed E-state index contributed by atoms with van der Waals surface area (Å²) < 4.78 is 10.4. The van der Waals surface area contributed by atoms with E-state index in [4.69, 9.17) is 14.7 Å². The minimum absolute atomic E-state index is 0.0108. The molecule has 0 fully saturated rings. The highest BCUT2D eigenvalue weighted by atomic mass is 16.5. The Kier molecular flexibility index (Phi) is 6.73. The summed E-state index contributed by atoms with van der Waals surface area (Å²) in [7, 11) is 1.61. The van der Waals surface area contributed by atoms with Crippen LogP contribution in [0.5, 0.6) is 0 Å². The summed E-state index contributed by atoms with van der Waals surface area (Å²) in [6.07, 6.45) is 0.425.